The van der Waals surface area contributed by atoms with Crippen LogP contribution >= 0.6 is 11.6 Å². The molecule has 3 nitrogen and oxygen atoms in total. The fraction of sp³-hybridized carbons (Fsp3) is 0.318. The molecular formula is C22H25ClN2O. The van der Waals surface area contributed by atoms with Gasteiger partial charge in [0.2, 0.25) is 5.91 Å². The predicted octanol–water partition coefficient (Wildman–Crippen LogP) is 5.42. The SMILES string of the molecule is C=C(C)CC(=O)Nc1c(C)cc2c(c1C)CCN2Cc1ccc(Cl)cc1. The molecule has 0 fully saturated rings. The van der Waals surface area contributed by atoms with Crippen molar-refractivity contribution < 1.29 is 4.79 Å². The standard InChI is InChI=1S/C22H25ClN2O/c1-14(2)11-21(26)24-22-15(3)12-20-19(16(22)4)9-10-25(20)13-17-5-7-18(23)8-6-17/h5-8,12H,1,9-11,13H2,2-4H3,(H,24,26). The van der Waals surface area contributed by atoms with E-state index in [9.17, 15) is 4.79 Å². The lowest BCUT2D eigenvalue weighted by Gasteiger charge is -2.22. The molecule has 2 aromatic carbocycles. The Bertz CT molecular complexity index is 855. The van der Waals surface area contributed by atoms with Gasteiger partial charge in [-0.3, -0.25) is 4.79 Å². The largest absolute Gasteiger partial charge is 0.367 e. The Hall–Kier alpha value is -2.26. The molecule has 1 heterocycles. The topological polar surface area (TPSA) is 32.3 Å². The molecule has 1 aliphatic heterocycles. The summed E-state index contributed by atoms with van der Waals surface area (Å²) in [6.45, 7) is 11.7. The van der Waals surface area contributed by atoms with Crippen molar-refractivity contribution in [2.75, 3.05) is 16.8 Å². The summed E-state index contributed by atoms with van der Waals surface area (Å²) in [5.74, 6) is -0.000308. The molecule has 2 aromatic rings. The van der Waals surface area contributed by atoms with E-state index in [2.05, 4.69) is 48.8 Å². The van der Waals surface area contributed by atoms with E-state index in [1.165, 1.54) is 22.4 Å². The normalized spacial score (nSPS) is 12.8. The van der Waals surface area contributed by atoms with Gasteiger partial charge in [-0.25, -0.2) is 0 Å². The zero-order valence-corrected chi connectivity index (χ0v) is 16.4. The molecule has 0 aromatic heterocycles. The van der Waals surface area contributed by atoms with Gasteiger partial charge in [0.15, 0.2) is 0 Å². The monoisotopic (exact) mass is 368 g/mol. The van der Waals surface area contributed by atoms with Crippen molar-refractivity contribution in [3.63, 3.8) is 0 Å². The lowest BCUT2D eigenvalue weighted by Crippen LogP contribution is -2.20. The maximum atomic E-state index is 12.2. The summed E-state index contributed by atoms with van der Waals surface area (Å²) in [5, 5.41) is 3.84. The van der Waals surface area contributed by atoms with Crippen molar-refractivity contribution in [1.29, 1.82) is 0 Å². The molecule has 136 valence electrons. The van der Waals surface area contributed by atoms with Gasteiger partial charge in [-0.1, -0.05) is 35.9 Å². The van der Waals surface area contributed by atoms with E-state index in [1.807, 2.05) is 19.1 Å². The molecule has 26 heavy (non-hydrogen) atoms. The Labute approximate surface area is 160 Å². The molecule has 0 bridgehead atoms. The van der Waals surface area contributed by atoms with Crippen molar-refractivity contribution in [2.24, 2.45) is 0 Å². The Balaban J connectivity index is 1.84. The highest BCUT2D eigenvalue weighted by Crippen LogP contribution is 2.37. The minimum Gasteiger partial charge on any atom is -0.367 e. The molecule has 3 rings (SSSR count). The molecular weight excluding hydrogens is 344 g/mol. The molecule has 0 spiro atoms. The van der Waals surface area contributed by atoms with Crippen LogP contribution in [-0.4, -0.2) is 12.5 Å². The maximum absolute atomic E-state index is 12.2. The van der Waals surface area contributed by atoms with Crippen molar-refractivity contribution in [3.8, 4) is 0 Å². The van der Waals surface area contributed by atoms with Crippen molar-refractivity contribution >= 4 is 28.9 Å². The van der Waals surface area contributed by atoms with Gasteiger partial charge in [-0.15, -0.1) is 0 Å². The average Bonchev–Trinajstić information content (AvgIpc) is 2.96. The lowest BCUT2D eigenvalue weighted by atomic mass is 9.99. The third-order valence-electron chi connectivity index (χ3n) is 4.87. The second-order valence-electron chi connectivity index (χ2n) is 7.17. The highest BCUT2D eigenvalue weighted by molar-refractivity contribution is 6.30. The summed E-state index contributed by atoms with van der Waals surface area (Å²) in [7, 11) is 0. The van der Waals surface area contributed by atoms with Gasteiger partial charge >= 0.3 is 0 Å². The van der Waals surface area contributed by atoms with Gasteiger partial charge in [0.05, 0.1) is 0 Å². The average molecular weight is 369 g/mol. The van der Waals surface area contributed by atoms with Crippen LogP contribution in [0.2, 0.25) is 5.02 Å². The Morgan fingerprint density at radius 2 is 1.96 bits per heavy atom. The maximum Gasteiger partial charge on any atom is 0.228 e. The van der Waals surface area contributed by atoms with Crippen LogP contribution in [0.4, 0.5) is 11.4 Å². The van der Waals surface area contributed by atoms with Crippen LogP contribution in [-0.2, 0) is 17.8 Å². The lowest BCUT2D eigenvalue weighted by molar-refractivity contribution is -0.115. The summed E-state index contributed by atoms with van der Waals surface area (Å²) in [6, 6.07) is 10.2. The van der Waals surface area contributed by atoms with Crippen molar-refractivity contribution in [1.82, 2.24) is 0 Å². The number of aryl methyl sites for hydroxylation is 1. The summed E-state index contributed by atoms with van der Waals surface area (Å²) >= 11 is 5.99. The number of carbonyl (C=O) groups excluding carboxylic acids is 1. The smallest absolute Gasteiger partial charge is 0.228 e. The molecule has 0 saturated heterocycles. The van der Waals surface area contributed by atoms with E-state index < -0.39 is 0 Å². The van der Waals surface area contributed by atoms with E-state index in [0.29, 0.717) is 6.42 Å². The van der Waals surface area contributed by atoms with E-state index in [0.717, 1.165) is 41.4 Å². The zero-order chi connectivity index (χ0) is 18.8. The summed E-state index contributed by atoms with van der Waals surface area (Å²) < 4.78 is 0. The molecule has 1 aliphatic rings. The molecule has 0 atom stereocenters. The third-order valence-corrected chi connectivity index (χ3v) is 5.12. The summed E-state index contributed by atoms with van der Waals surface area (Å²) in [4.78, 5) is 14.6. The highest BCUT2D eigenvalue weighted by Gasteiger charge is 2.24. The molecule has 0 unspecified atom stereocenters. The van der Waals surface area contributed by atoms with Crippen LogP contribution in [0.25, 0.3) is 0 Å². The van der Waals surface area contributed by atoms with Crippen molar-refractivity contribution in [3.05, 3.63) is 69.8 Å². The number of amides is 1. The quantitative estimate of drug-likeness (QED) is 0.714. The number of rotatable bonds is 5. The van der Waals surface area contributed by atoms with Gasteiger partial charge in [0.1, 0.15) is 0 Å². The Morgan fingerprint density at radius 3 is 2.62 bits per heavy atom. The number of benzene rings is 2. The minimum absolute atomic E-state index is 0.000308. The number of hydrogen-bond donors (Lipinski definition) is 1. The highest BCUT2D eigenvalue weighted by atomic mass is 35.5. The number of fused-ring (bicyclic) bond motifs is 1. The predicted molar refractivity (Wildman–Crippen MR) is 110 cm³/mol. The fourth-order valence-corrected chi connectivity index (χ4v) is 3.72. The first-order valence-electron chi connectivity index (χ1n) is 8.92. The Kier molecular flexibility index (Phi) is 5.38. The van der Waals surface area contributed by atoms with Crippen LogP contribution in [0.15, 0.2) is 42.5 Å². The Morgan fingerprint density at radius 1 is 1.27 bits per heavy atom. The number of hydrogen-bond acceptors (Lipinski definition) is 2. The summed E-state index contributed by atoms with van der Waals surface area (Å²) in [6.07, 6.45) is 1.36. The second kappa shape index (κ2) is 7.55. The minimum atomic E-state index is -0.000308. The number of nitrogens with zero attached hydrogens (tertiary/aromatic N) is 1. The fourth-order valence-electron chi connectivity index (χ4n) is 3.59. The van der Waals surface area contributed by atoms with Gasteiger partial charge in [-0.05, 0) is 67.6 Å². The van der Waals surface area contributed by atoms with Gasteiger partial charge in [0, 0.05) is 35.9 Å². The van der Waals surface area contributed by atoms with E-state index in [1.54, 1.807) is 0 Å². The van der Waals surface area contributed by atoms with E-state index in [4.69, 9.17) is 11.6 Å². The van der Waals surface area contributed by atoms with Gasteiger partial charge in [0.25, 0.3) is 0 Å². The number of anilines is 2. The number of nitrogens with one attached hydrogen (secondary N) is 1. The molecule has 0 radical (unpaired) electrons. The summed E-state index contributed by atoms with van der Waals surface area (Å²) in [5.41, 5.74) is 7.93. The van der Waals surface area contributed by atoms with Crippen molar-refractivity contribution in [2.45, 2.75) is 40.2 Å². The first-order chi connectivity index (χ1) is 12.3. The van der Waals surface area contributed by atoms with Crippen LogP contribution in [0, 0.1) is 13.8 Å². The van der Waals surface area contributed by atoms with Gasteiger partial charge in [-0.2, -0.15) is 0 Å². The molecule has 0 aliphatic carbocycles. The van der Waals surface area contributed by atoms with Crippen LogP contribution in [0.1, 0.15) is 35.6 Å². The third kappa shape index (κ3) is 3.94. The first kappa shape index (κ1) is 18.5. The zero-order valence-electron chi connectivity index (χ0n) is 15.7. The van der Waals surface area contributed by atoms with Crippen LogP contribution in [0.3, 0.4) is 0 Å². The number of halogens is 1. The number of carbonyl (C=O) groups is 1. The first-order valence-corrected chi connectivity index (χ1v) is 9.29. The van der Waals surface area contributed by atoms with E-state index in [-0.39, 0.29) is 5.91 Å². The van der Waals surface area contributed by atoms with Crippen LogP contribution < -0.4 is 10.2 Å². The molecule has 1 N–H and O–H groups in total. The second-order valence-corrected chi connectivity index (χ2v) is 7.61. The molecule has 0 saturated carbocycles. The van der Waals surface area contributed by atoms with E-state index >= 15 is 0 Å². The molecule has 1 amide bonds. The van der Waals surface area contributed by atoms with Gasteiger partial charge < -0.3 is 10.2 Å². The molecule has 4 heteroatoms. The van der Waals surface area contributed by atoms with Crippen LogP contribution in [0.5, 0.6) is 0 Å².